The van der Waals surface area contributed by atoms with Crippen LogP contribution in [0, 0.1) is 17.7 Å². The monoisotopic (exact) mass is 361 g/mol. The van der Waals surface area contributed by atoms with Crippen LogP contribution >= 0.6 is 0 Å². The van der Waals surface area contributed by atoms with E-state index in [2.05, 4.69) is 0 Å². The van der Waals surface area contributed by atoms with Crippen LogP contribution in [0.1, 0.15) is 42.5 Å². The summed E-state index contributed by atoms with van der Waals surface area (Å²) in [5.74, 6) is -2.45. The van der Waals surface area contributed by atoms with Crippen LogP contribution in [0.15, 0.2) is 24.3 Å². The molecular weight excluding hydrogens is 341 g/mol. The minimum atomic E-state index is -0.657. The molecule has 2 atom stereocenters. The molecule has 0 bridgehead atoms. The number of rotatable bonds is 6. The van der Waals surface area contributed by atoms with Crippen LogP contribution in [0.2, 0.25) is 0 Å². The van der Waals surface area contributed by atoms with Gasteiger partial charge in [-0.2, -0.15) is 0 Å². The third-order valence-electron chi connectivity index (χ3n) is 5.00. The second-order valence-corrected chi connectivity index (χ2v) is 6.67. The molecule has 2 aliphatic rings. The summed E-state index contributed by atoms with van der Waals surface area (Å²) in [7, 11) is 0. The van der Waals surface area contributed by atoms with Crippen molar-refractivity contribution >= 4 is 23.6 Å². The van der Waals surface area contributed by atoms with E-state index in [1.165, 1.54) is 12.1 Å². The van der Waals surface area contributed by atoms with Crippen molar-refractivity contribution in [3.63, 3.8) is 0 Å². The van der Waals surface area contributed by atoms with Crippen molar-refractivity contribution in [2.24, 2.45) is 11.8 Å². The Morgan fingerprint density at radius 1 is 1.04 bits per heavy atom. The lowest BCUT2D eigenvalue weighted by Crippen LogP contribution is -2.33. The third-order valence-corrected chi connectivity index (χ3v) is 5.00. The summed E-state index contributed by atoms with van der Waals surface area (Å²) in [5, 5.41) is 0. The molecule has 7 heteroatoms. The molecule has 2 fully saturated rings. The van der Waals surface area contributed by atoms with E-state index in [-0.39, 0.29) is 42.2 Å². The lowest BCUT2D eigenvalue weighted by molar-refractivity contribution is -0.145. The van der Waals surface area contributed by atoms with Crippen LogP contribution < -0.4 is 0 Å². The van der Waals surface area contributed by atoms with Gasteiger partial charge in [0.15, 0.2) is 12.4 Å². The van der Waals surface area contributed by atoms with Crippen LogP contribution in [0.3, 0.4) is 0 Å². The van der Waals surface area contributed by atoms with Crippen molar-refractivity contribution in [1.29, 1.82) is 0 Å². The minimum Gasteiger partial charge on any atom is -0.457 e. The van der Waals surface area contributed by atoms with Crippen LogP contribution in [0.4, 0.5) is 4.39 Å². The summed E-state index contributed by atoms with van der Waals surface area (Å²) >= 11 is 0. The molecule has 1 heterocycles. The molecule has 0 aromatic heterocycles. The first-order chi connectivity index (χ1) is 12.5. The van der Waals surface area contributed by atoms with Gasteiger partial charge in [0.1, 0.15) is 5.82 Å². The van der Waals surface area contributed by atoms with E-state index in [9.17, 15) is 23.6 Å². The van der Waals surface area contributed by atoms with Gasteiger partial charge in [0.25, 0.3) is 0 Å². The zero-order chi connectivity index (χ0) is 18.7. The average molecular weight is 361 g/mol. The number of Topliss-reactive ketones (excluding diaryl/α,β-unsaturated/α-hetero) is 1. The highest BCUT2D eigenvalue weighted by molar-refractivity contribution is 6.05. The highest BCUT2D eigenvalue weighted by Gasteiger charge is 2.47. The van der Waals surface area contributed by atoms with Crippen LogP contribution in [0.25, 0.3) is 0 Å². The molecule has 0 unspecified atom stereocenters. The Kier molecular flexibility index (Phi) is 5.44. The zero-order valence-corrected chi connectivity index (χ0v) is 14.3. The molecule has 1 saturated carbocycles. The highest BCUT2D eigenvalue weighted by atomic mass is 19.1. The molecule has 0 spiro atoms. The smallest absolute Gasteiger partial charge is 0.308 e. The first-order valence-corrected chi connectivity index (χ1v) is 8.77. The number of ketones is 1. The summed E-state index contributed by atoms with van der Waals surface area (Å²) in [6, 6.07) is 4.93. The number of carbonyl (C=O) groups excluding carboxylic acids is 4. The minimum absolute atomic E-state index is 0.0196. The topological polar surface area (TPSA) is 80.8 Å². The Morgan fingerprint density at radius 3 is 2.19 bits per heavy atom. The Hall–Kier alpha value is -2.57. The summed E-state index contributed by atoms with van der Waals surface area (Å²) in [4.78, 5) is 49.5. The number of amides is 2. The summed E-state index contributed by atoms with van der Waals surface area (Å²) in [6.45, 7) is -0.480. The molecule has 1 aliphatic heterocycles. The number of nitrogens with zero attached hydrogens (tertiary/aromatic N) is 1. The molecule has 1 saturated heterocycles. The molecule has 0 radical (unpaired) electrons. The number of carbonyl (C=O) groups is 4. The Labute approximate surface area is 150 Å². The number of ether oxygens (including phenoxy) is 1. The fourth-order valence-corrected chi connectivity index (χ4v) is 3.59. The van der Waals surface area contributed by atoms with E-state index in [4.69, 9.17) is 4.74 Å². The van der Waals surface area contributed by atoms with Crippen LogP contribution in [0.5, 0.6) is 0 Å². The summed E-state index contributed by atoms with van der Waals surface area (Å²) < 4.78 is 17.7. The molecule has 138 valence electrons. The fourth-order valence-electron chi connectivity index (χ4n) is 3.59. The second-order valence-electron chi connectivity index (χ2n) is 6.67. The third kappa shape index (κ3) is 3.81. The van der Waals surface area contributed by atoms with Crippen LogP contribution in [-0.4, -0.2) is 41.6 Å². The molecule has 1 aromatic carbocycles. The van der Waals surface area contributed by atoms with Gasteiger partial charge in [-0.15, -0.1) is 0 Å². The maximum Gasteiger partial charge on any atom is 0.308 e. The van der Waals surface area contributed by atoms with Gasteiger partial charge in [-0.1, -0.05) is 12.8 Å². The molecule has 6 nitrogen and oxygen atoms in total. The van der Waals surface area contributed by atoms with E-state index in [1.807, 2.05) is 0 Å². The van der Waals surface area contributed by atoms with Crippen molar-refractivity contribution in [2.45, 2.75) is 32.1 Å². The number of benzene rings is 1. The first kappa shape index (κ1) is 18.2. The quantitative estimate of drug-likeness (QED) is 0.440. The van der Waals surface area contributed by atoms with Gasteiger partial charge in [0.05, 0.1) is 18.3 Å². The fraction of sp³-hybridized carbons (Fsp3) is 0.474. The Morgan fingerprint density at radius 2 is 1.62 bits per heavy atom. The zero-order valence-electron chi connectivity index (χ0n) is 14.3. The largest absolute Gasteiger partial charge is 0.457 e. The van der Waals surface area contributed by atoms with Crippen molar-refractivity contribution in [3.8, 4) is 0 Å². The van der Waals surface area contributed by atoms with Gasteiger partial charge in [0, 0.05) is 12.1 Å². The Balaban J connectivity index is 1.47. The maximum absolute atomic E-state index is 12.8. The SMILES string of the molecule is O=C(CCN1C(=O)[C@H]2CCCC[C@@H]2C1=O)OCC(=O)c1ccc(F)cc1. The molecule has 2 amide bonds. The van der Waals surface area contributed by atoms with Crippen LogP contribution in [-0.2, 0) is 19.1 Å². The molecule has 1 aliphatic carbocycles. The van der Waals surface area contributed by atoms with Crippen molar-refractivity contribution in [2.75, 3.05) is 13.2 Å². The highest BCUT2D eigenvalue weighted by Crippen LogP contribution is 2.37. The maximum atomic E-state index is 12.8. The number of halogens is 1. The number of esters is 1. The van der Waals surface area contributed by atoms with Gasteiger partial charge >= 0.3 is 5.97 Å². The van der Waals surface area contributed by atoms with Gasteiger partial charge in [-0.05, 0) is 37.1 Å². The normalized spacial score (nSPS) is 22.3. The number of likely N-dealkylation sites (tertiary alicyclic amines) is 1. The van der Waals surface area contributed by atoms with Crippen molar-refractivity contribution < 1.29 is 28.3 Å². The van der Waals surface area contributed by atoms with Gasteiger partial charge in [-0.25, -0.2) is 4.39 Å². The number of hydrogen-bond donors (Lipinski definition) is 0. The number of hydrogen-bond acceptors (Lipinski definition) is 5. The van der Waals surface area contributed by atoms with Gasteiger partial charge in [-0.3, -0.25) is 24.1 Å². The predicted octanol–water partition coefficient (Wildman–Crippen LogP) is 2.12. The van der Waals surface area contributed by atoms with E-state index < -0.39 is 24.2 Å². The summed E-state index contributed by atoms with van der Waals surface area (Å²) in [5.41, 5.74) is 0.244. The van der Waals surface area contributed by atoms with E-state index in [1.54, 1.807) is 0 Å². The van der Waals surface area contributed by atoms with Gasteiger partial charge in [0.2, 0.25) is 11.8 Å². The Bertz CT molecular complexity index is 706. The lowest BCUT2D eigenvalue weighted by atomic mass is 9.81. The van der Waals surface area contributed by atoms with Crippen molar-refractivity contribution in [1.82, 2.24) is 4.90 Å². The standard InChI is InChI=1S/C19H20FNO5/c20-13-7-5-12(6-8-13)16(22)11-26-17(23)9-10-21-18(24)14-3-1-2-4-15(14)19(21)25/h5-8,14-15H,1-4,9-11H2/t14-,15-/m0/s1. The molecule has 1 aromatic rings. The average Bonchev–Trinajstić information content (AvgIpc) is 2.89. The van der Waals surface area contributed by atoms with E-state index in [0.717, 1.165) is 42.7 Å². The second kappa shape index (κ2) is 7.76. The number of imide groups is 1. The molecule has 0 N–H and O–H groups in total. The predicted molar refractivity (Wildman–Crippen MR) is 88.5 cm³/mol. The molecular formula is C19H20FNO5. The van der Waals surface area contributed by atoms with E-state index >= 15 is 0 Å². The first-order valence-electron chi connectivity index (χ1n) is 8.77. The number of fused-ring (bicyclic) bond motifs is 1. The molecule has 3 rings (SSSR count). The van der Waals surface area contributed by atoms with Gasteiger partial charge < -0.3 is 4.74 Å². The lowest BCUT2D eigenvalue weighted by Gasteiger charge is -2.19. The van der Waals surface area contributed by atoms with Crippen molar-refractivity contribution in [3.05, 3.63) is 35.6 Å². The summed E-state index contributed by atoms with van der Waals surface area (Å²) in [6.07, 6.45) is 3.20. The molecule has 26 heavy (non-hydrogen) atoms. The van der Waals surface area contributed by atoms with E-state index in [0.29, 0.717) is 0 Å².